The second-order valence-corrected chi connectivity index (χ2v) is 27.3. The summed E-state index contributed by atoms with van der Waals surface area (Å²) in [6, 6.07) is 21.1. The van der Waals surface area contributed by atoms with Crippen molar-refractivity contribution < 1.29 is 8.98 Å². The van der Waals surface area contributed by atoms with E-state index in [-0.39, 0.29) is 38.5 Å². The van der Waals surface area contributed by atoms with E-state index in [4.69, 9.17) is 4.18 Å². The smallest absolute Gasteiger partial charge is 0.323 e. The second kappa shape index (κ2) is 13.8. The number of hydrogen-bond donors (Lipinski definition) is 0. The predicted molar refractivity (Wildman–Crippen MR) is 241 cm³/mol. The van der Waals surface area contributed by atoms with Gasteiger partial charge in [0.15, 0.2) is 0 Å². The van der Waals surface area contributed by atoms with Crippen molar-refractivity contribution in [1.29, 1.82) is 0 Å². The lowest BCUT2D eigenvalue weighted by atomic mass is 9.49. The van der Waals surface area contributed by atoms with Gasteiger partial charge in [0.2, 0.25) is 0 Å². The molecule has 3 heteroatoms. The highest BCUT2D eigenvalue weighted by Crippen LogP contribution is 2.76. The molecule has 4 saturated carbocycles. The van der Waals surface area contributed by atoms with Gasteiger partial charge < -0.3 is 4.18 Å². The average Bonchev–Trinajstić information content (AvgIpc) is 3.03. The Bertz CT molecular complexity index is 1750. The van der Waals surface area contributed by atoms with Gasteiger partial charge in [-0.15, -0.1) is 0 Å². The summed E-state index contributed by atoms with van der Waals surface area (Å²) in [6.45, 7) is 42.5. The van der Waals surface area contributed by atoms with Gasteiger partial charge in [-0.3, -0.25) is 4.79 Å². The van der Waals surface area contributed by atoms with Crippen LogP contribution in [0.1, 0.15) is 197 Å². The standard InChI is InChI=1S/C53H78O2S/c1-47(2,3)37-27-40(49(7,8)9)44(41(28-37)50(10,11)12)56(39-22-20-19-21-23-39,55-46(54)53-31-34-24-35(32-53)26-36(25-34)33-53)45-42(51(13,14)15)29-38(48(4,5)6)30-43(45)52(16,17)18/h19-23,27-30,34-36H,24-26,31-33H2,1-18H3. The van der Waals surface area contributed by atoms with Crippen LogP contribution in [0.25, 0.3) is 0 Å². The van der Waals surface area contributed by atoms with Gasteiger partial charge in [0.25, 0.3) is 0 Å². The van der Waals surface area contributed by atoms with Crippen LogP contribution in [0.15, 0.2) is 69.3 Å². The molecule has 4 bridgehead atoms. The van der Waals surface area contributed by atoms with Crippen LogP contribution < -0.4 is 0 Å². The third-order valence-electron chi connectivity index (χ3n) is 13.5. The molecule has 0 saturated heterocycles. The van der Waals surface area contributed by atoms with Crippen LogP contribution in [0, 0.1) is 23.2 Å². The van der Waals surface area contributed by atoms with Crippen LogP contribution in [-0.2, 0) is 41.5 Å². The molecule has 0 aromatic heterocycles. The number of rotatable bonds is 5. The van der Waals surface area contributed by atoms with Gasteiger partial charge in [-0.1, -0.05) is 167 Å². The van der Waals surface area contributed by atoms with E-state index < -0.39 is 15.7 Å². The van der Waals surface area contributed by atoms with Crippen LogP contribution >= 0.6 is 10.3 Å². The zero-order valence-electron chi connectivity index (χ0n) is 38.9. The lowest BCUT2D eigenvalue weighted by molar-refractivity contribution is -0.160. The fourth-order valence-electron chi connectivity index (χ4n) is 10.6. The maximum absolute atomic E-state index is 16.1. The first-order valence-electron chi connectivity index (χ1n) is 21.9. The summed E-state index contributed by atoms with van der Waals surface area (Å²) in [5.41, 5.74) is 6.32. The molecule has 4 fully saturated rings. The molecule has 0 unspecified atom stereocenters. The fourth-order valence-corrected chi connectivity index (χ4v) is 15.2. The van der Waals surface area contributed by atoms with Gasteiger partial charge in [0.1, 0.15) is 0 Å². The largest absolute Gasteiger partial charge is 0.401 e. The predicted octanol–water partition coefficient (Wildman–Crippen LogP) is 15.4. The number of carbonyl (C=O) groups excluding carboxylic acids is 1. The van der Waals surface area contributed by atoms with E-state index in [9.17, 15) is 0 Å². The molecule has 7 rings (SSSR count). The third kappa shape index (κ3) is 7.82. The fraction of sp³-hybridized carbons (Fsp3) is 0.642. The third-order valence-corrected chi connectivity index (χ3v) is 16.8. The molecule has 56 heavy (non-hydrogen) atoms. The zero-order chi connectivity index (χ0) is 41.8. The van der Waals surface area contributed by atoms with Crippen molar-refractivity contribution in [2.45, 2.75) is 210 Å². The number of carbonyl (C=O) groups is 1. The topological polar surface area (TPSA) is 26.3 Å². The summed E-state index contributed by atoms with van der Waals surface area (Å²) >= 11 is 0. The summed E-state index contributed by atoms with van der Waals surface area (Å²) in [5.74, 6) is 1.97. The Kier molecular flexibility index (Phi) is 10.6. The maximum Gasteiger partial charge on any atom is 0.323 e. The molecule has 4 aliphatic rings. The van der Waals surface area contributed by atoms with E-state index in [0.29, 0.717) is 17.8 Å². The van der Waals surface area contributed by atoms with Crippen LogP contribution in [0.3, 0.4) is 0 Å². The van der Waals surface area contributed by atoms with Crippen molar-refractivity contribution in [2.24, 2.45) is 23.2 Å². The quantitative estimate of drug-likeness (QED) is 0.258. The Morgan fingerprint density at radius 3 is 1.07 bits per heavy atom. The zero-order valence-corrected chi connectivity index (χ0v) is 39.7. The molecule has 4 aliphatic carbocycles. The minimum Gasteiger partial charge on any atom is -0.401 e. The average molecular weight is 779 g/mol. The number of benzene rings is 3. The Morgan fingerprint density at radius 2 is 0.804 bits per heavy atom. The lowest BCUT2D eigenvalue weighted by Crippen LogP contribution is -2.50. The van der Waals surface area contributed by atoms with Gasteiger partial charge in [-0.25, -0.2) is 0 Å². The molecule has 0 spiro atoms. The van der Waals surface area contributed by atoms with Gasteiger partial charge >= 0.3 is 5.97 Å². The highest BCUT2D eigenvalue weighted by Gasteiger charge is 2.58. The van der Waals surface area contributed by atoms with E-state index in [1.807, 2.05) is 0 Å². The molecule has 0 amide bonds. The monoisotopic (exact) mass is 779 g/mol. The molecule has 0 aliphatic heterocycles. The molecular formula is C53H78O2S. The van der Waals surface area contributed by atoms with E-state index in [2.05, 4.69) is 179 Å². The Balaban J connectivity index is 1.91. The van der Waals surface area contributed by atoms with Crippen molar-refractivity contribution in [2.75, 3.05) is 0 Å². The summed E-state index contributed by atoms with van der Waals surface area (Å²) in [6.07, 6.45) is 6.79. The number of hydrogen-bond acceptors (Lipinski definition) is 2. The molecule has 0 radical (unpaired) electrons. The van der Waals surface area contributed by atoms with Crippen LogP contribution in [0.2, 0.25) is 0 Å². The first-order chi connectivity index (χ1) is 25.4. The van der Waals surface area contributed by atoms with Gasteiger partial charge in [0.05, 0.1) is 5.41 Å². The second-order valence-electron chi connectivity index (χ2n) is 24.7. The Labute approximate surface area is 345 Å². The van der Waals surface area contributed by atoms with E-state index in [1.54, 1.807) is 0 Å². The normalized spacial score (nSPS) is 23.7. The van der Waals surface area contributed by atoms with Gasteiger partial charge in [0, 0.05) is 14.7 Å². The molecule has 308 valence electrons. The lowest BCUT2D eigenvalue weighted by Gasteiger charge is -2.57. The first kappa shape index (κ1) is 43.1. The van der Waals surface area contributed by atoms with E-state index in [1.165, 1.54) is 62.4 Å². The van der Waals surface area contributed by atoms with Gasteiger partial charge in [-0.2, -0.15) is 0 Å². The minimum absolute atomic E-state index is 0.0645. The molecule has 0 heterocycles. The van der Waals surface area contributed by atoms with Crippen LogP contribution in [0.4, 0.5) is 0 Å². The van der Waals surface area contributed by atoms with Crippen molar-refractivity contribution in [3.63, 3.8) is 0 Å². The van der Waals surface area contributed by atoms with E-state index >= 15 is 4.79 Å². The molecule has 3 aromatic rings. The van der Waals surface area contributed by atoms with Crippen LogP contribution in [0.5, 0.6) is 0 Å². The van der Waals surface area contributed by atoms with Crippen LogP contribution in [-0.4, -0.2) is 5.97 Å². The Hall–Kier alpha value is -2.52. The first-order valence-corrected chi connectivity index (χ1v) is 23.5. The van der Waals surface area contributed by atoms with E-state index in [0.717, 1.165) is 24.2 Å². The van der Waals surface area contributed by atoms with Crippen molar-refractivity contribution in [3.8, 4) is 0 Å². The van der Waals surface area contributed by atoms with Crippen molar-refractivity contribution in [1.82, 2.24) is 0 Å². The summed E-state index contributed by atoms with van der Waals surface area (Å²) in [4.78, 5) is 19.7. The molecule has 0 N–H and O–H groups in total. The van der Waals surface area contributed by atoms with Gasteiger partial charge in [-0.05, 0) is 145 Å². The summed E-state index contributed by atoms with van der Waals surface area (Å²) in [7, 11) is -2.75. The summed E-state index contributed by atoms with van der Waals surface area (Å²) in [5, 5.41) is 0. The van der Waals surface area contributed by atoms with Crippen molar-refractivity contribution in [3.05, 3.63) is 88.0 Å². The molecular weight excluding hydrogens is 701 g/mol. The molecule has 2 nitrogen and oxygen atoms in total. The SMILES string of the molecule is CC(C)(C)c1cc(C(C)(C)C)c(S(OC(=O)C23CC4CC(CC(C4)C2)C3)(c2ccccc2)c2c(C(C)(C)C)cc(C(C)(C)C)cc2C(C)(C)C)c(C(C)(C)C)c1. The highest BCUT2D eigenvalue weighted by molar-refractivity contribution is 8.30. The Morgan fingerprint density at radius 1 is 0.500 bits per heavy atom. The van der Waals surface area contributed by atoms with Crippen molar-refractivity contribution >= 4 is 16.3 Å². The minimum atomic E-state index is -2.75. The maximum atomic E-state index is 16.1. The molecule has 0 atom stereocenters. The summed E-state index contributed by atoms with van der Waals surface area (Å²) < 4.78 is 8.12. The molecule has 3 aromatic carbocycles. The highest BCUT2D eigenvalue weighted by atomic mass is 32.3.